The molecule has 0 fully saturated rings. The summed E-state index contributed by atoms with van der Waals surface area (Å²) in [7, 11) is 1.56. The van der Waals surface area contributed by atoms with Gasteiger partial charge >= 0.3 is 0 Å². The number of para-hydroxylation sites is 2. The molecule has 178 valence electrons. The molecule has 3 aromatic rings. The first-order valence-corrected chi connectivity index (χ1v) is 11.6. The lowest BCUT2D eigenvalue weighted by atomic mass is 9.94. The van der Waals surface area contributed by atoms with Crippen LogP contribution in [0.25, 0.3) is 0 Å². The summed E-state index contributed by atoms with van der Waals surface area (Å²) in [6, 6.07) is 10.3. The van der Waals surface area contributed by atoms with Gasteiger partial charge in [0.15, 0.2) is 11.5 Å². The highest BCUT2D eigenvalue weighted by Gasteiger charge is 2.35. The average molecular weight is 529 g/mol. The molecule has 0 spiro atoms. The lowest BCUT2D eigenvalue weighted by Gasteiger charge is -2.29. The van der Waals surface area contributed by atoms with Gasteiger partial charge in [-0.05, 0) is 77.0 Å². The van der Waals surface area contributed by atoms with Gasteiger partial charge in [0, 0.05) is 5.70 Å². The Labute approximate surface area is 205 Å². The number of allylic oxidation sites excluding steroid dienone is 1. The molecule has 0 aliphatic carbocycles. The Morgan fingerprint density at radius 1 is 1.18 bits per heavy atom. The topological polar surface area (TPSA) is 112 Å². The number of hydrogen-bond acceptors (Lipinski definition) is 8. The standard InChI is InChI=1S/C23H25BrN6O4/c1-5-33-18-12-14(11-15(24)21(18)34-6-2)20-19(13(3)25-23-27-28-29-30(20)23)22(31)26-16-9-7-8-10-17(16)32-4/h7-12,20H,5-6H2,1-4H3,(H,26,31)(H,25,27,29). The summed E-state index contributed by atoms with van der Waals surface area (Å²) < 4.78 is 19.3. The first-order valence-electron chi connectivity index (χ1n) is 10.8. The first kappa shape index (κ1) is 23.6. The average Bonchev–Trinajstić information content (AvgIpc) is 3.28. The minimum Gasteiger partial charge on any atom is -0.495 e. The number of carbonyl (C=O) groups is 1. The molecule has 0 saturated carbocycles. The van der Waals surface area contributed by atoms with Gasteiger partial charge in [0.25, 0.3) is 5.91 Å². The highest BCUT2D eigenvalue weighted by atomic mass is 79.9. The van der Waals surface area contributed by atoms with E-state index >= 15 is 0 Å². The number of nitrogens with one attached hydrogen (secondary N) is 2. The van der Waals surface area contributed by atoms with Crippen molar-refractivity contribution >= 4 is 33.5 Å². The van der Waals surface area contributed by atoms with Crippen LogP contribution in [0, 0.1) is 0 Å². The largest absolute Gasteiger partial charge is 0.495 e. The molecule has 0 saturated heterocycles. The summed E-state index contributed by atoms with van der Waals surface area (Å²) in [6.45, 7) is 6.55. The minimum atomic E-state index is -0.618. The molecular weight excluding hydrogens is 504 g/mol. The predicted molar refractivity (Wildman–Crippen MR) is 130 cm³/mol. The molecule has 4 rings (SSSR count). The fraction of sp³-hybridized carbons (Fsp3) is 0.304. The molecule has 2 aromatic carbocycles. The smallest absolute Gasteiger partial charge is 0.255 e. The van der Waals surface area contributed by atoms with Gasteiger partial charge in [-0.2, -0.15) is 4.68 Å². The monoisotopic (exact) mass is 528 g/mol. The molecular formula is C23H25BrN6O4. The molecule has 1 aliphatic rings. The van der Waals surface area contributed by atoms with Gasteiger partial charge in [0.1, 0.15) is 11.8 Å². The molecule has 34 heavy (non-hydrogen) atoms. The quantitative estimate of drug-likeness (QED) is 0.447. The van der Waals surface area contributed by atoms with Gasteiger partial charge in [-0.25, -0.2) is 0 Å². The van der Waals surface area contributed by atoms with Crippen LogP contribution in [0.15, 0.2) is 52.1 Å². The summed E-state index contributed by atoms with van der Waals surface area (Å²) >= 11 is 3.60. The number of carbonyl (C=O) groups excluding carboxylic acids is 1. The van der Waals surface area contributed by atoms with E-state index in [4.69, 9.17) is 14.2 Å². The Hall–Kier alpha value is -3.60. The van der Waals surface area contributed by atoms with Crippen LogP contribution >= 0.6 is 15.9 Å². The van der Waals surface area contributed by atoms with Crippen molar-refractivity contribution in [3.63, 3.8) is 0 Å². The van der Waals surface area contributed by atoms with Crippen molar-refractivity contribution in [2.24, 2.45) is 0 Å². The maximum Gasteiger partial charge on any atom is 0.255 e. The van der Waals surface area contributed by atoms with Crippen molar-refractivity contribution in [2.45, 2.75) is 26.8 Å². The molecule has 1 atom stereocenters. The van der Waals surface area contributed by atoms with Crippen LogP contribution in [0.5, 0.6) is 17.2 Å². The number of anilines is 2. The third-order valence-electron chi connectivity index (χ3n) is 5.25. The van der Waals surface area contributed by atoms with E-state index in [1.165, 1.54) is 0 Å². The number of ether oxygens (including phenoxy) is 3. The number of fused-ring (bicyclic) bond motifs is 1. The molecule has 1 aromatic heterocycles. The summed E-state index contributed by atoms with van der Waals surface area (Å²) in [5, 5.41) is 18.1. The van der Waals surface area contributed by atoms with Crippen LogP contribution < -0.4 is 24.8 Å². The number of rotatable bonds is 8. The fourth-order valence-electron chi connectivity index (χ4n) is 3.85. The van der Waals surface area contributed by atoms with Gasteiger partial charge in [0.2, 0.25) is 5.95 Å². The molecule has 0 bridgehead atoms. The highest BCUT2D eigenvalue weighted by Crippen LogP contribution is 2.43. The van der Waals surface area contributed by atoms with Crippen LogP contribution in [0.1, 0.15) is 32.4 Å². The third kappa shape index (κ3) is 4.43. The second-order valence-corrected chi connectivity index (χ2v) is 8.22. The number of methoxy groups -OCH3 is 1. The Morgan fingerprint density at radius 2 is 1.94 bits per heavy atom. The van der Waals surface area contributed by atoms with E-state index in [1.54, 1.807) is 23.9 Å². The lowest BCUT2D eigenvalue weighted by Crippen LogP contribution is -2.31. The van der Waals surface area contributed by atoms with Crippen molar-refractivity contribution in [3.8, 4) is 17.2 Å². The second kappa shape index (κ2) is 10.1. The zero-order valence-electron chi connectivity index (χ0n) is 19.3. The molecule has 11 heteroatoms. The van der Waals surface area contributed by atoms with Crippen molar-refractivity contribution < 1.29 is 19.0 Å². The Balaban J connectivity index is 1.81. The van der Waals surface area contributed by atoms with Crippen molar-refractivity contribution in [1.29, 1.82) is 0 Å². The molecule has 2 heterocycles. The Bertz CT molecular complexity index is 1240. The van der Waals surface area contributed by atoms with Crippen LogP contribution in [-0.4, -0.2) is 46.4 Å². The highest BCUT2D eigenvalue weighted by molar-refractivity contribution is 9.10. The van der Waals surface area contributed by atoms with Crippen molar-refractivity contribution in [1.82, 2.24) is 20.2 Å². The number of hydrogen-bond donors (Lipinski definition) is 2. The zero-order valence-corrected chi connectivity index (χ0v) is 20.8. The Morgan fingerprint density at radius 3 is 2.68 bits per heavy atom. The number of nitrogens with zero attached hydrogens (tertiary/aromatic N) is 4. The number of benzene rings is 2. The van der Waals surface area contributed by atoms with E-state index in [0.29, 0.717) is 57.8 Å². The normalized spacial score (nSPS) is 14.8. The van der Waals surface area contributed by atoms with Gasteiger partial charge < -0.3 is 24.8 Å². The van der Waals surface area contributed by atoms with E-state index in [9.17, 15) is 4.79 Å². The summed E-state index contributed by atoms with van der Waals surface area (Å²) in [6.07, 6.45) is 0. The van der Waals surface area contributed by atoms with E-state index in [0.717, 1.165) is 5.56 Å². The van der Waals surface area contributed by atoms with Crippen LogP contribution in [-0.2, 0) is 4.79 Å². The summed E-state index contributed by atoms with van der Waals surface area (Å²) in [4.78, 5) is 13.6. The lowest BCUT2D eigenvalue weighted by molar-refractivity contribution is -0.113. The fourth-order valence-corrected chi connectivity index (χ4v) is 4.42. The first-order chi connectivity index (χ1) is 16.5. The van der Waals surface area contributed by atoms with Gasteiger partial charge in [0.05, 0.1) is 36.1 Å². The number of halogens is 1. The molecule has 1 amide bonds. The maximum atomic E-state index is 13.6. The van der Waals surface area contributed by atoms with E-state index in [-0.39, 0.29) is 5.91 Å². The SMILES string of the molecule is CCOc1cc(C2C(C(=O)Nc3ccccc3OC)=C(C)Nc3nnnn32)cc(Br)c1OCC. The third-order valence-corrected chi connectivity index (χ3v) is 5.84. The maximum absolute atomic E-state index is 13.6. The molecule has 1 unspecified atom stereocenters. The number of aromatic nitrogens is 4. The molecule has 10 nitrogen and oxygen atoms in total. The summed E-state index contributed by atoms with van der Waals surface area (Å²) in [5.74, 6) is 1.83. The van der Waals surface area contributed by atoms with Gasteiger partial charge in [-0.1, -0.05) is 17.2 Å². The number of amides is 1. The van der Waals surface area contributed by atoms with Crippen LogP contribution in [0.2, 0.25) is 0 Å². The number of tetrazole rings is 1. The Kier molecular flexibility index (Phi) is 7.01. The zero-order chi connectivity index (χ0) is 24.2. The van der Waals surface area contributed by atoms with Crippen LogP contribution in [0.4, 0.5) is 11.6 Å². The van der Waals surface area contributed by atoms with E-state index in [2.05, 4.69) is 42.1 Å². The van der Waals surface area contributed by atoms with Crippen LogP contribution in [0.3, 0.4) is 0 Å². The minimum absolute atomic E-state index is 0.316. The summed E-state index contributed by atoms with van der Waals surface area (Å²) in [5.41, 5.74) is 2.38. The molecule has 0 radical (unpaired) electrons. The predicted octanol–water partition coefficient (Wildman–Crippen LogP) is 4.17. The van der Waals surface area contributed by atoms with Crippen molar-refractivity contribution in [3.05, 3.63) is 57.7 Å². The van der Waals surface area contributed by atoms with E-state index < -0.39 is 6.04 Å². The van der Waals surface area contributed by atoms with Gasteiger partial charge in [-0.3, -0.25) is 4.79 Å². The molecule has 2 N–H and O–H groups in total. The van der Waals surface area contributed by atoms with Crippen molar-refractivity contribution in [2.75, 3.05) is 31.0 Å². The van der Waals surface area contributed by atoms with E-state index in [1.807, 2.05) is 45.0 Å². The van der Waals surface area contributed by atoms with Gasteiger partial charge in [-0.15, -0.1) is 0 Å². The molecule has 1 aliphatic heterocycles. The second-order valence-electron chi connectivity index (χ2n) is 7.36.